The normalized spacial score (nSPS) is 14.1. The molecule has 1 aliphatic rings. The molecule has 1 fully saturated rings. The summed E-state index contributed by atoms with van der Waals surface area (Å²) in [5, 5.41) is 0.275. The quantitative estimate of drug-likeness (QED) is 0.334. The summed E-state index contributed by atoms with van der Waals surface area (Å²) in [5.41, 5.74) is 5.56. The van der Waals surface area contributed by atoms with Crippen LogP contribution >= 0.6 is 0 Å². The fourth-order valence-corrected chi connectivity index (χ4v) is 4.76. The molecule has 0 unspecified atom stereocenters. The zero-order valence-electron chi connectivity index (χ0n) is 23.1. The summed E-state index contributed by atoms with van der Waals surface area (Å²) in [6, 6.07) is 12.3. The number of amides is 2. The van der Waals surface area contributed by atoms with Gasteiger partial charge in [0.1, 0.15) is 29.3 Å². The highest BCUT2D eigenvalue weighted by atomic mass is 19.4. The molecule has 1 aliphatic heterocycles. The van der Waals surface area contributed by atoms with Crippen molar-refractivity contribution >= 4 is 28.4 Å². The lowest BCUT2D eigenvalue weighted by atomic mass is 10.1. The summed E-state index contributed by atoms with van der Waals surface area (Å²) < 4.78 is 56.9. The van der Waals surface area contributed by atoms with E-state index in [0.29, 0.717) is 17.0 Å². The summed E-state index contributed by atoms with van der Waals surface area (Å²) in [5.74, 6) is -0.128. The van der Waals surface area contributed by atoms with E-state index in [1.807, 2.05) is 19.9 Å². The number of carbonyl (C=O) groups excluding carboxylic acids is 2. The number of benzene rings is 2. The van der Waals surface area contributed by atoms with Gasteiger partial charge in [-0.3, -0.25) is 9.59 Å². The zero-order chi connectivity index (χ0) is 30.2. The van der Waals surface area contributed by atoms with Crippen molar-refractivity contribution in [1.82, 2.24) is 14.9 Å². The monoisotopic (exact) mass is 583 g/mol. The highest BCUT2D eigenvalue weighted by molar-refractivity contribution is 6.02. The molecule has 5 rings (SSSR count). The third-order valence-corrected chi connectivity index (χ3v) is 6.67. The summed E-state index contributed by atoms with van der Waals surface area (Å²) in [7, 11) is 1.32. The molecule has 0 atom stereocenters. The van der Waals surface area contributed by atoms with Crippen molar-refractivity contribution in [2.24, 2.45) is 5.73 Å². The van der Waals surface area contributed by atoms with E-state index < -0.39 is 17.8 Å². The van der Waals surface area contributed by atoms with Crippen LogP contribution in [0.15, 0.2) is 52.9 Å². The number of anilines is 1. The molecule has 0 radical (unpaired) electrons. The first-order valence-electron chi connectivity index (χ1n) is 13.1. The molecule has 4 aromatic rings. The van der Waals surface area contributed by atoms with Crippen LogP contribution in [0.3, 0.4) is 0 Å². The number of ether oxygens (including phenoxy) is 2. The molecule has 2 aromatic heterocycles. The Kier molecular flexibility index (Phi) is 7.78. The average molecular weight is 584 g/mol. The molecule has 13 heteroatoms. The highest BCUT2D eigenvalue weighted by Crippen LogP contribution is 2.37. The predicted octanol–water partition coefficient (Wildman–Crippen LogP) is 4.65. The van der Waals surface area contributed by atoms with Gasteiger partial charge in [0.05, 0.1) is 25.4 Å². The van der Waals surface area contributed by atoms with Gasteiger partial charge in [-0.1, -0.05) is 12.1 Å². The average Bonchev–Trinajstić information content (AvgIpc) is 3.40. The maximum atomic E-state index is 13.5. The van der Waals surface area contributed by atoms with Crippen molar-refractivity contribution in [3.8, 4) is 23.0 Å². The largest absolute Gasteiger partial charge is 0.494 e. The number of hydrogen-bond donors (Lipinski definition) is 1. The minimum atomic E-state index is -4.66. The topological polar surface area (TPSA) is 124 Å². The summed E-state index contributed by atoms with van der Waals surface area (Å²) in [6.45, 7) is 3.83. The Labute approximate surface area is 238 Å². The molecule has 0 spiro atoms. The molecular weight excluding hydrogens is 555 g/mol. The van der Waals surface area contributed by atoms with E-state index in [9.17, 15) is 22.8 Å². The van der Waals surface area contributed by atoms with Gasteiger partial charge in [-0.2, -0.15) is 13.2 Å². The number of rotatable bonds is 7. The second-order valence-electron chi connectivity index (χ2n) is 9.81. The van der Waals surface area contributed by atoms with E-state index in [4.69, 9.17) is 19.6 Å². The molecule has 0 bridgehead atoms. The molecule has 0 saturated carbocycles. The number of para-hydroxylation sites is 2. The number of carbonyl (C=O) groups is 2. The Morgan fingerprint density at radius 1 is 1.07 bits per heavy atom. The van der Waals surface area contributed by atoms with Gasteiger partial charge in [0.25, 0.3) is 5.91 Å². The standard InChI is InChI=1S/C29H28F3N5O5/c1-16(2)41-20-7-5-4-6-19(20)37-13-12-36(15-24(37)38)28(39)26-22(14-33)42-27(35-26)18-8-10-21(40-3)25-17(18)9-11-23(34-25)29(30,31)32/h4-11,16H,12-15,33H2,1-3H3. The lowest BCUT2D eigenvalue weighted by Crippen LogP contribution is -2.52. The first-order valence-corrected chi connectivity index (χ1v) is 13.1. The number of methoxy groups -OCH3 is 1. The van der Waals surface area contributed by atoms with Crippen molar-refractivity contribution in [1.29, 1.82) is 0 Å². The van der Waals surface area contributed by atoms with Crippen LogP contribution < -0.4 is 20.1 Å². The molecular formula is C29H28F3N5O5. The maximum absolute atomic E-state index is 13.5. The summed E-state index contributed by atoms with van der Waals surface area (Å²) >= 11 is 0. The number of halogens is 3. The van der Waals surface area contributed by atoms with Gasteiger partial charge in [0.2, 0.25) is 11.8 Å². The van der Waals surface area contributed by atoms with Crippen LogP contribution in [0, 0.1) is 0 Å². The zero-order valence-corrected chi connectivity index (χ0v) is 23.1. The number of alkyl halides is 3. The van der Waals surface area contributed by atoms with E-state index in [2.05, 4.69) is 9.97 Å². The molecule has 0 aliphatic carbocycles. The number of fused-ring (bicyclic) bond motifs is 1. The molecule has 42 heavy (non-hydrogen) atoms. The SMILES string of the molecule is COc1ccc(-c2nc(C(=O)N3CCN(c4ccccc4OC(C)C)C(=O)C3)c(CN)o2)c2ccc(C(F)(F)F)nc12. The number of oxazole rings is 1. The number of pyridine rings is 1. The second-order valence-corrected chi connectivity index (χ2v) is 9.81. The van der Waals surface area contributed by atoms with Crippen LogP contribution in [0.25, 0.3) is 22.4 Å². The van der Waals surface area contributed by atoms with Gasteiger partial charge in [-0.25, -0.2) is 9.97 Å². The fraction of sp³-hybridized carbons (Fsp3) is 0.310. The van der Waals surface area contributed by atoms with Crippen molar-refractivity contribution in [2.75, 3.05) is 31.6 Å². The van der Waals surface area contributed by atoms with Gasteiger partial charge in [0.15, 0.2) is 11.5 Å². The third kappa shape index (κ3) is 5.47. The number of aromatic nitrogens is 2. The lowest BCUT2D eigenvalue weighted by molar-refractivity contribution is -0.141. The van der Waals surface area contributed by atoms with Gasteiger partial charge >= 0.3 is 6.18 Å². The smallest absolute Gasteiger partial charge is 0.433 e. The summed E-state index contributed by atoms with van der Waals surface area (Å²) in [4.78, 5) is 37.8. The minimum Gasteiger partial charge on any atom is -0.494 e. The van der Waals surface area contributed by atoms with Crippen LogP contribution in [-0.2, 0) is 17.5 Å². The van der Waals surface area contributed by atoms with Crippen LogP contribution in [-0.4, -0.2) is 59.5 Å². The van der Waals surface area contributed by atoms with Crippen molar-refractivity contribution in [3.63, 3.8) is 0 Å². The number of nitrogens with two attached hydrogens (primary N) is 1. The number of hydrogen-bond acceptors (Lipinski definition) is 8. The molecule has 3 heterocycles. The molecule has 1 saturated heterocycles. The number of nitrogens with zero attached hydrogens (tertiary/aromatic N) is 4. The van der Waals surface area contributed by atoms with Gasteiger partial charge < -0.3 is 29.4 Å². The van der Waals surface area contributed by atoms with Crippen LogP contribution in [0.5, 0.6) is 11.5 Å². The minimum absolute atomic E-state index is 0.0299. The Morgan fingerprint density at radius 2 is 1.83 bits per heavy atom. The van der Waals surface area contributed by atoms with Crippen molar-refractivity contribution in [2.45, 2.75) is 32.7 Å². The van der Waals surface area contributed by atoms with Crippen LogP contribution in [0.2, 0.25) is 0 Å². The van der Waals surface area contributed by atoms with Gasteiger partial charge in [-0.05, 0) is 50.2 Å². The summed E-state index contributed by atoms with van der Waals surface area (Å²) in [6.07, 6.45) is -4.75. The Morgan fingerprint density at radius 3 is 2.50 bits per heavy atom. The molecule has 2 N–H and O–H groups in total. The van der Waals surface area contributed by atoms with E-state index >= 15 is 0 Å². The van der Waals surface area contributed by atoms with Crippen LogP contribution in [0.1, 0.15) is 35.8 Å². The Bertz CT molecular complexity index is 1650. The van der Waals surface area contributed by atoms with E-state index in [1.54, 1.807) is 29.2 Å². The first kappa shape index (κ1) is 28.9. The van der Waals surface area contributed by atoms with Gasteiger partial charge in [-0.15, -0.1) is 0 Å². The fourth-order valence-electron chi connectivity index (χ4n) is 4.76. The number of piperazine rings is 1. The molecule has 2 amide bonds. The highest BCUT2D eigenvalue weighted by Gasteiger charge is 2.35. The first-order chi connectivity index (χ1) is 20.0. The maximum Gasteiger partial charge on any atom is 0.433 e. The van der Waals surface area contributed by atoms with Crippen molar-refractivity contribution in [3.05, 3.63) is 65.7 Å². The predicted molar refractivity (Wildman–Crippen MR) is 147 cm³/mol. The van der Waals surface area contributed by atoms with Crippen molar-refractivity contribution < 1.29 is 36.7 Å². The van der Waals surface area contributed by atoms with E-state index in [0.717, 1.165) is 6.07 Å². The van der Waals surface area contributed by atoms with Crippen LogP contribution in [0.4, 0.5) is 18.9 Å². The Balaban J connectivity index is 1.44. The second kappa shape index (κ2) is 11.3. The Hall–Kier alpha value is -4.65. The lowest BCUT2D eigenvalue weighted by Gasteiger charge is -2.35. The van der Waals surface area contributed by atoms with E-state index in [1.165, 1.54) is 24.1 Å². The van der Waals surface area contributed by atoms with E-state index in [-0.39, 0.29) is 72.2 Å². The molecule has 2 aromatic carbocycles. The third-order valence-electron chi connectivity index (χ3n) is 6.67. The molecule has 220 valence electrons. The molecule has 10 nitrogen and oxygen atoms in total. The van der Waals surface area contributed by atoms with Gasteiger partial charge in [0, 0.05) is 24.0 Å².